The van der Waals surface area contributed by atoms with E-state index in [1.165, 1.54) is 0 Å². The van der Waals surface area contributed by atoms with E-state index >= 15 is 0 Å². The monoisotopic (exact) mass is 487 g/mol. The Hall–Kier alpha value is -3.72. The number of aromatic nitrogens is 5. The van der Waals surface area contributed by atoms with Crippen LogP contribution in [0.4, 0.5) is 5.69 Å². The first-order valence-corrected chi connectivity index (χ1v) is 12.3. The minimum atomic E-state index is -0.381. The van der Waals surface area contributed by atoms with Gasteiger partial charge in [-0.15, -0.1) is 5.10 Å². The number of methoxy groups -OCH3 is 1. The maximum Gasteiger partial charge on any atom is 0.253 e. The smallest absolute Gasteiger partial charge is 0.253 e. The van der Waals surface area contributed by atoms with Gasteiger partial charge in [-0.2, -0.15) is 0 Å². The topological polar surface area (TPSA) is 92.2 Å². The van der Waals surface area contributed by atoms with Crippen molar-refractivity contribution in [2.24, 2.45) is 0 Å². The number of para-hydroxylation sites is 2. The third-order valence-corrected chi connectivity index (χ3v) is 6.80. The lowest BCUT2D eigenvalue weighted by Gasteiger charge is -2.40. The summed E-state index contributed by atoms with van der Waals surface area (Å²) >= 11 is 0. The van der Waals surface area contributed by atoms with Crippen molar-refractivity contribution in [3.05, 3.63) is 75.8 Å². The molecule has 1 aliphatic heterocycles. The molecule has 9 nitrogen and oxygen atoms in total. The minimum Gasteiger partial charge on any atom is -0.495 e. The van der Waals surface area contributed by atoms with Crippen LogP contribution < -0.4 is 15.2 Å². The summed E-state index contributed by atoms with van der Waals surface area (Å²) in [5.41, 5.74) is 3.21. The normalized spacial score (nSPS) is 15.9. The number of ether oxygens (including phenoxy) is 1. The molecule has 0 saturated carbocycles. The van der Waals surface area contributed by atoms with Crippen LogP contribution in [-0.2, 0) is 5.54 Å². The quantitative estimate of drug-likeness (QED) is 0.461. The molecule has 9 heteroatoms. The molecule has 0 radical (unpaired) electrons. The Morgan fingerprint density at radius 3 is 2.50 bits per heavy atom. The van der Waals surface area contributed by atoms with Gasteiger partial charge in [0.1, 0.15) is 11.8 Å². The molecule has 2 aromatic carbocycles. The van der Waals surface area contributed by atoms with Gasteiger partial charge in [-0.1, -0.05) is 24.3 Å². The van der Waals surface area contributed by atoms with Gasteiger partial charge in [0.2, 0.25) is 0 Å². The van der Waals surface area contributed by atoms with Crippen LogP contribution in [0.1, 0.15) is 43.8 Å². The second-order valence-electron chi connectivity index (χ2n) is 10.4. The van der Waals surface area contributed by atoms with E-state index in [2.05, 4.69) is 63.2 Å². The molecule has 36 heavy (non-hydrogen) atoms. The molecule has 0 unspecified atom stereocenters. The zero-order chi connectivity index (χ0) is 25.4. The first-order valence-electron chi connectivity index (χ1n) is 12.3. The molecule has 1 fully saturated rings. The highest BCUT2D eigenvalue weighted by Crippen LogP contribution is 2.33. The van der Waals surface area contributed by atoms with Crippen molar-refractivity contribution >= 4 is 16.6 Å². The third-order valence-electron chi connectivity index (χ3n) is 6.80. The zero-order valence-electron chi connectivity index (χ0n) is 21.5. The lowest BCUT2D eigenvalue weighted by molar-refractivity contribution is 0.190. The number of aromatic amines is 1. The average Bonchev–Trinajstić information content (AvgIpc) is 3.35. The number of pyridine rings is 1. The van der Waals surface area contributed by atoms with Crippen LogP contribution in [0.25, 0.3) is 10.9 Å². The number of aryl methyl sites for hydroxylation is 1. The molecule has 2 aromatic heterocycles. The van der Waals surface area contributed by atoms with Crippen molar-refractivity contribution in [3.63, 3.8) is 0 Å². The lowest BCUT2D eigenvalue weighted by atomic mass is 10.0. The molecule has 0 bridgehead atoms. The van der Waals surface area contributed by atoms with Gasteiger partial charge in [0.15, 0.2) is 5.82 Å². The summed E-state index contributed by atoms with van der Waals surface area (Å²) in [6.45, 7) is 11.3. The Kier molecular flexibility index (Phi) is 6.26. The number of nitrogens with zero attached hydrogens (tertiary/aromatic N) is 6. The van der Waals surface area contributed by atoms with Crippen molar-refractivity contribution in [1.82, 2.24) is 30.1 Å². The predicted molar refractivity (Wildman–Crippen MR) is 141 cm³/mol. The number of piperazine rings is 1. The summed E-state index contributed by atoms with van der Waals surface area (Å²) in [5, 5.41) is 13.8. The summed E-state index contributed by atoms with van der Waals surface area (Å²) in [4.78, 5) is 21.2. The van der Waals surface area contributed by atoms with Gasteiger partial charge in [-0.3, -0.25) is 9.69 Å². The molecular weight excluding hydrogens is 454 g/mol. The average molecular weight is 488 g/mol. The molecule has 1 N–H and O–H groups in total. The van der Waals surface area contributed by atoms with E-state index < -0.39 is 0 Å². The highest BCUT2D eigenvalue weighted by atomic mass is 16.5. The summed E-state index contributed by atoms with van der Waals surface area (Å²) < 4.78 is 7.43. The standard InChI is InChI=1S/C27H33N7O2/c1-18-10-11-19-17-20(26(35)28-21(19)16-18)24(25-29-30-31-34(25)27(2,3)4)33-14-12-32(13-15-33)22-8-6-7-9-23(22)36-5/h6-11,16-17,24H,12-15H2,1-5H3,(H,28,35)/t24-/m0/s1. The van der Waals surface area contributed by atoms with Gasteiger partial charge in [0, 0.05) is 37.3 Å². The lowest BCUT2D eigenvalue weighted by Crippen LogP contribution is -2.49. The van der Waals surface area contributed by atoms with Crippen LogP contribution >= 0.6 is 0 Å². The Labute approximate surface area is 210 Å². The van der Waals surface area contributed by atoms with Gasteiger partial charge in [-0.05, 0) is 73.3 Å². The van der Waals surface area contributed by atoms with Crippen molar-refractivity contribution < 1.29 is 4.74 Å². The Morgan fingerprint density at radius 2 is 1.78 bits per heavy atom. The molecule has 3 heterocycles. The van der Waals surface area contributed by atoms with Gasteiger partial charge in [0.25, 0.3) is 5.56 Å². The van der Waals surface area contributed by atoms with Crippen LogP contribution in [0.3, 0.4) is 0 Å². The summed E-state index contributed by atoms with van der Waals surface area (Å²) in [6, 6.07) is 15.8. The predicted octanol–water partition coefficient (Wildman–Crippen LogP) is 3.50. The fourth-order valence-corrected chi connectivity index (χ4v) is 4.99. The van der Waals surface area contributed by atoms with E-state index in [0.29, 0.717) is 11.4 Å². The van der Waals surface area contributed by atoms with Crippen LogP contribution in [-0.4, -0.2) is 63.4 Å². The molecule has 1 saturated heterocycles. The van der Waals surface area contributed by atoms with Crippen LogP contribution in [0.2, 0.25) is 0 Å². The molecular formula is C27H33N7O2. The van der Waals surface area contributed by atoms with Gasteiger partial charge in [0.05, 0.1) is 18.3 Å². The van der Waals surface area contributed by atoms with E-state index in [-0.39, 0.29) is 17.1 Å². The molecule has 1 atom stereocenters. The van der Waals surface area contributed by atoms with Crippen LogP contribution in [0, 0.1) is 6.92 Å². The molecule has 0 amide bonds. The first kappa shape index (κ1) is 24.0. The van der Waals surface area contributed by atoms with Crippen molar-refractivity contribution in [2.45, 2.75) is 39.3 Å². The number of H-pyrrole nitrogens is 1. The Balaban J connectivity index is 1.55. The number of anilines is 1. The fourth-order valence-electron chi connectivity index (χ4n) is 4.99. The number of rotatable bonds is 5. The first-order chi connectivity index (χ1) is 17.3. The number of benzene rings is 2. The number of fused-ring (bicyclic) bond motifs is 1. The van der Waals surface area contributed by atoms with E-state index in [4.69, 9.17) is 4.74 Å². The molecule has 4 aromatic rings. The van der Waals surface area contributed by atoms with Crippen LogP contribution in [0.15, 0.2) is 53.3 Å². The van der Waals surface area contributed by atoms with Crippen molar-refractivity contribution in [2.75, 3.05) is 38.2 Å². The molecule has 0 spiro atoms. The van der Waals surface area contributed by atoms with Gasteiger partial charge < -0.3 is 14.6 Å². The maximum absolute atomic E-state index is 13.5. The largest absolute Gasteiger partial charge is 0.495 e. The number of nitrogens with one attached hydrogen (secondary N) is 1. The highest BCUT2D eigenvalue weighted by molar-refractivity contribution is 5.79. The summed E-state index contributed by atoms with van der Waals surface area (Å²) in [7, 11) is 1.70. The molecule has 1 aliphatic rings. The molecule has 188 valence electrons. The summed E-state index contributed by atoms with van der Waals surface area (Å²) in [5.74, 6) is 1.53. The van der Waals surface area contributed by atoms with Gasteiger partial charge >= 0.3 is 0 Å². The molecule has 5 rings (SSSR count). The van der Waals surface area contributed by atoms with Gasteiger partial charge in [-0.25, -0.2) is 4.68 Å². The maximum atomic E-state index is 13.5. The molecule has 0 aliphatic carbocycles. The van der Waals surface area contributed by atoms with E-state index in [0.717, 1.165) is 54.1 Å². The van der Waals surface area contributed by atoms with Crippen molar-refractivity contribution in [1.29, 1.82) is 0 Å². The van der Waals surface area contributed by atoms with Crippen molar-refractivity contribution in [3.8, 4) is 5.75 Å². The van der Waals surface area contributed by atoms with E-state index in [1.807, 2.05) is 48.0 Å². The van der Waals surface area contributed by atoms with E-state index in [9.17, 15) is 4.79 Å². The second kappa shape index (κ2) is 9.39. The Morgan fingerprint density at radius 1 is 1.03 bits per heavy atom. The summed E-state index contributed by atoms with van der Waals surface area (Å²) in [6.07, 6.45) is 0. The fraction of sp³-hybridized carbons (Fsp3) is 0.407. The Bertz CT molecular complexity index is 1430. The third kappa shape index (κ3) is 4.46. The highest BCUT2D eigenvalue weighted by Gasteiger charge is 2.35. The number of hydrogen-bond acceptors (Lipinski definition) is 7. The number of hydrogen-bond donors (Lipinski definition) is 1. The van der Waals surface area contributed by atoms with Crippen LogP contribution in [0.5, 0.6) is 5.75 Å². The second-order valence-corrected chi connectivity index (χ2v) is 10.4. The zero-order valence-corrected chi connectivity index (χ0v) is 21.5. The number of tetrazole rings is 1. The van der Waals surface area contributed by atoms with E-state index in [1.54, 1.807) is 7.11 Å². The minimum absolute atomic E-state index is 0.117. The SMILES string of the molecule is COc1ccccc1N1CCN([C@@H](c2cc3ccc(C)cc3[nH]c2=O)c2nnnn2C(C)(C)C)CC1.